The van der Waals surface area contributed by atoms with Crippen LogP contribution in [0.3, 0.4) is 0 Å². The minimum atomic E-state index is -3.99. The summed E-state index contributed by atoms with van der Waals surface area (Å²) in [5, 5.41) is 0.760. The number of ketones is 1. The van der Waals surface area contributed by atoms with Crippen molar-refractivity contribution in [1.82, 2.24) is 14.6 Å². The first-order valence-electron chi connectivity index (χ1n) is 20.4. The van der Waals surface area contributed by atoms with E-state index in [1.165, 1.54) is 37.4 Å². The van der Waals surface area contributed by atoms with Gasteiger partial charge in [-0.3, -0.25) is 23.9 Å². The first-order valence-corrected chi connectivity index (χ1v) is 21.9. The van der Waals surface area contributed by atoms with Crippen molar-refractivity contribution < 1.29 is 50.9 Å². The van der Waals surface area contributed by atoms with Gasteiger partial charge in [0, 0.05) is 18.2 Å². The zero-order valence-electron chi connectivity index (χ0n) is 34.9. The van der Waals surface area contributed by atoms with Crippen molar-refractivity contribution in [3.63, 3.8) is 0 Å². The molecule has 58 heavy (non-hydrogen) atoms. The number of aromatic nitrogens is 1. The molecule has 1 N–H and O–H groups in total. The molecule has 2 saturated carbocycles. The number of carbonyl (C=O) groups is 4. The minimum Gasteiger partial charge on any atom is -0.494 e. The smallest absolute Gasteiger partial charge is 0.307 e. The molecule has 4 aliphatic rings. The molecule has 7 atom stereocenters. The van der Waals surface area contributed by atoms with E-state index < -0.39 is 73.2 Å². The highest BCUT2D eigenvalue weighted by atomic mass is 32.2. The number of pyridine rings is 1. The lowest BCUT2D eigenvalue weighted by Crippen LogP contribution is -2.48. The predicted octanol–water partition coefficient (Wildman–Crippen LogP) is 6.45. The molecule has 13 nitrogen and oxygen atoms in total. The van der Waals surface area contributed by atoms with Gasteiger partial charge in [0.1, 0.15) is 17.5 Å². The number of halogens is 1. The van der Waals surface area contributed by atoms with Crippen LogP contribution in [0.25, 0.3) is 10.8 Å². The molecular formula is C43H58FN3O10S. The van der Waals surface area contributed by atoms with Gasteiger partial charge in [-0.2, -0.15) is 0 Å². The van der Waals surface area contributed by atoms with Crippen LogP contribution in [0.15, 0.2) is 30.5 Å². The standard InChI is InChI=1S/C43H58FN3O10S/c1-9-26-16-25(2)12-10-11-13-27-21-43(27,40(51)46-58(52,53)42(6)14-15-42)22-34(48)33-17-28(24-47(33)39(50)29(26)20-37(49)57-41(3,4)5)56-38-31-18-32(44)35(54-7)19-30(31)36(55-8)23-45-38/h11,13,18-19,23,25-29,33H,9-10,12,14-17,20-22,24H2,1-8H3,(H,46,51)/b13-11-/t25-,26+,27+,28+,29-,33-,43+/m0/s1. The van der Waals surface area contributed by atoms with Gasteiger partial charge in [-0.05, 0) is 96.1 Å². The van der Waals surface area contributed by atoms with E-state index >= 15 is 9.18 Å². The molecule has 6 rings (SSSR count). The Morgan fingerprint density at radius 1 is 1.07 bits per heavy atom. The van der Waals surface area contributed by atoms with Crippen molar-refractivity contribution >= 4 is 44.4 Å². The molecule has 1 saturated heterocycles. The number of allylic oxidation sites excluding steroid dienone is 2. The van der Waals surface area contributed by atoms with E-state index in [4.69, 9.17) is 18.9 Å². The Morgan fingerprint density at radius 2 is 1.78 bits per heavy atom. The van der Waals surface area contributed by atoms with Crippen LogP contribution in [0.5, 0.6) is 17.4 Å². The Hall–Kier alpha value is -4.27. The molecule has 318 valence electrons. The van der Waals surface area contributed by atoms with Crippen molar-refractivity contribution in [2.75, 3.05) is 20.8 Å². The number of Topliss-reactive ketones (excluding diaryl/α,β-unsaturated/α-hetero) is 1. The Morgan fingerprint density at radius 3 is 2.41 bits per heavy atom. The largest absolute Gasteiger partial charge is 0.494 e. The molecule has 0 radical (unpaired) electrons. The maximum absolute atomic E-state index is 15.1. The van der Waals surface area contributed by atoms with Crippen LogP contribution in [-0.4, -0.2) is 85.1 Å². The van der Waals surface area contributed by atoms with E-state index in [-0.39, 0.29) is 67.0 Å². The molecule has 0 bridgehead atoms. The van der Waals surface area contributed by atoms with Gasteiger partial charge in [-0.1, -0.05) is 32.4 Å². The topological polar surface area (TPSA) is 168 Å². The number of methoxy groups -OCH3 is 2. The average Bonchev–Trinajstić information content (AvgIpc) is 4.03. The van der Waals surface area contributed by atoms with Crippen LogP contribution in [0.2, 0.25) is 0 Å². The molecule has 0 unspecified atom stereocenters. The summed E-state index contributed by atoms with van der Waals surface area (Å²) in [6.45, 7) is 10.9. The van der Waals surface area contributed by atoms with Crippen molar-refractivity contribution in [2.24, 2.45) is 29.1 Å². The second-order valence-corrected chi connectivity index (χ2v) is 20.2. The third-order valence-electron chi connectivity index (χ3n) is 12.5. The molecule has 3 heterocycles. The highest BCUT2D eigenvalue weighted by molar-refractivity contribution is 7.91. The fourth-order valence-corrected chi connectivity index (χ4v) is 10.00. The van der Waals surface area contributed by atoms with Gasteiger partial charge in [0.15, 0.2) is 17.3 Å². The number of rotatable bonds is 10. The summed E-state index contributed by atoms with van der Waals surface area (Å²) < 4.78 is 65.8. The van der Waals surface area contributed by atoms with Crippen molar-refractivity contribution in [3.05, 3.63) is 36.3 Å². The third kappa shape index (κ3) is 8.98. The normalized spacial score (nSPS) is 29.3. The Labute approximate surface area is 340 Å². The molecule has 3 fully saturated rings. The fourth-order valence-electron chi connectivity index (χ4n) is 8.67. The first-order chi connectivity index (χ1) is 27.2. The first kappa shape index (κ1) is 43.3. The number of fused-ring (bicyclic) bond motifs is 3. The lowest BCUT2D eigenvalue weighted by Gasteiger charge is -2.33. The number of nitrogens with one attached hydrogen (secondary N) is 1. The Kier molecular flexibility index (Phi) is 12.3. The molecule has 2 aliphatic heterocycles. The van der Waals surface area contributed by atoms with Crippen molar-refractivity contribution in [2.45, 2.75) is 128 Å². The highest BCUT2D eigenvalue weighted by Gasteiger charge is 2.62. The number of ether oxygens (including phenoxy) is 4. The summed E-state index contributed by atoms with van der Waals surface area (Å²) in [6.07, 6.45) is 7.94. The second kappa shape index (κ2) is 16.4. The van der Waals surface area contributed by atoms with Crippen LogP contribution >= 0.6 is 0 Å². The van der Waals surface area contributed by atoms with E-state index in [1.807, 2.05) is 19.1 Å². The molecular weight excluding hydrogens is 770 g/mol. The molecule has 15 heteroatoms. The number of benzene rings is 1. The summed E-state index contributed by atoms with van der Waals surface area (Å²) in [5.41, 5.74) is -2.11. The lowest BCUT2D eigenvalue weighted by atomic mass is 9.79. The molecule has 1 aromatic carbocycles. The predicted molar refractivity (Wildman–Crippen MR) is 214 cm³/mol. The molecule has 2 aliphatic carbocycles. The van der Waals surface area contributed by atoms with Gasteiger partial charge in [0.25, 0.3) is 0 Å². The van der Waals surface area contributed by atoms with E-state index in [9.17, 15) is 22.8 Å². The van der Waals surface area contributed by atoms with Crippen LogP contribution in [-0.2, 0) is 33.9 Å². The number of nitrogens with zero attached hydrogens (tertiary/aromatic N) is 2. The van der Waals surface area contributed by atoms with Crippen LogP contribution in [0, 0.1) is 34.9 Å². The third-order valence-corrected chi connectivity index (χ3v) is 14.7. The van der Waals surface area contributed by atoms with Crippen molar-refractivity contribution in [1.29, 1.82) is 0 Å². The van der Waals surface area contributed by atoms with Crippen LogP contribution in [0.1, 0.15) is 106 Å². The number of amides is 2. The van der Waals surface area contributed by atoms with Crippen LogP contribution < -0.4 is 18.9 Å². The van der Waals surface area contributed by atoms with Gasteiger partial charge < -0.3 is 23.8 Å². The quantitative estimate of drug-likeness (QED) is 0.206. The highest BCUT2D eigenvalue weighted by Crippen LogP contribution is 2.58. The van der Waals surface area contributed by atoms with Gasteiger partial charge in [0.05, 0.1) is 60.9 Å². The zero-order valence-corrected chi connectivity index (χ0v) is 35.7. The monoisotopic (exact) mass is 827 g/mol. The van der Waals surface area contributed by atoms with E-state index in [2.05, 4.69) is 16.6 Å². The molecule has 0 spiro atoms. The number of carbonyl (C=O) groups excluding carboxylic acids is 4. The summed E-state index contributed by atoms with van der Waals surface area (Å²) in [4.78, 5) is 63.2. The second-order valence-electron chi connectivity index (χ2n) is 18.1. The van der Waals surface area contributed by atoms with E-state index in [0.29, 0.717) is 43.2 Å². The Bertz CT molecular complexity index is 2080. The van der Waals surface area contributed by atoms with Gasteiger partial charge in [-0.15, -0.1) is 0 Å². The fraction of sp³-hybridized carbons (Fsp3) is 0.651. The minimum absolute atomic E-state index is 0.00744. The maximum atomic E-state index is 15.1. The summed E-state index contributed by atoms with van der Waals surface area (Å²) in [7, 11) is -1.18. The average molecular weight is 828 g/mol. The maximum Gasteiger partial charge on any atom is 0.307 e. The van der Waals surface area contributed by atoms with Gasteiger partial charge in [-0.25, -0.2) is 17.8 Å². The van der Waals surface area contributed by atoms with E-state index in [1.54, 1.807) is 27.7 Å². The zero-order chi connectivity index (χ0) is 42.4. The summed E-state index contributed by atoms with van der Waals surface area (Å²) in [6, 6.07) is 1.63. The Balaban J connectivity index is 1.39. The number of esters is 1. The van der Waals surface area contributed by atoms with E-state index in [0.717, 1.165) is 6.42 Å². The van der Waals surface area contributed by atoms with Crippen molar-refractivity contribution in [3.8, 4) is 17.4 Å². The lowest BCUT2D eigenvalue weighted by molar-refractivity contribution is -0.160. The number of sulfonamides is 1. The number of hydrogen-bond donors (Lipinski definition) is 1. The number of hydrogen-bond acceptors (Lipinski definition) is 11. The molecule has 2 amide bonds. The van der Waals surface area contributed by atoms with Gasteiger partial charge >= 0.3 is 5.97 Å². The summed E-state index contributed by atoms with van der Waals surface area (Å²) in [5.74, 6) is -3.57. The SMILES string of the molecule is CC[C@@H]1C[C@@H](C)CC/C=C\[C@@H]2C[C@@]2(C(=O)NS(=O)(=O)C2(C)CC2)CC(=O)[C@@H]2C[C@@H](Oc3ncc(OC)c4cc(OC)c(F)cc34)CN2C(=O)[C@H]1CC(=O)OC(C)(C)C. The molecule has 1 aromatic heterocycles. The van der Waals surface area contributed by atoms with Gasteiger partial charge in [0.2, 0.25) is 27.7 Å². The van der Waals surface area contributed by atoms with Crippen LogP contribution in [0.4, 0.5) is 4.39 Å². The molecule has 2 aromatic rings. The summed E-state index contributed by atoms with van der Waals surface area (Å²) >= 11 is 0.